The Bertz CT molecular complexity index is 460. The molecule has 0 N–H and O–H groups in total. The third-order valence-corrected chi connectivity index (χ3v) is 2.86. The summed E-state index contributed by atoms with van der Waals surface area (Å²) >= 11 is 0. The number of aromatic nitrogens is 1. The van der Waals surface area contributed by atoms with E-state index in [9.17, 15) is 0 Å². The Labute approximate surface area is 91.2 Å². The molecule has 0 aliphatic rings. The Hall–Kier alpha value is -1.37. The van der Waals surface area contributed by atoms with Crippen LogP contribution in [0.15, 0.2) is 30.6 Å². The molecule has 1 aromatic heterocycles. The van der Waals surface area contributed by atoms with Crippen LogP contribution in [0.3, 0.4) is 0 Å². The molecule has 0 radical (unpaired) electrons. The number of benzene rings is 1. The predicted octanol–water partition coefficient (Wildman–Crippen LogP) is 3.75. The van der Waals surface area contributed by atoms with E-state index in [0.29, 0.717) is 0 Å². The number of fused-ring (bicyclic) bond motifs is 1. The van der Waals surface area contributed by atoms with Gasteiger partial charge in [-0.3, -0.25) is 4.98 Å². The number of rotatable bonds is 3. The van der Waals surface area contributed by atoms with Crippen molar-refractivity contribution in [2.45, 2.75) is 33.1 Å². The lowest BCUT2D eigenvalue weighted by atomic mass is 9.97. The van der Waals surface area contributed by atoms with Crippen molar-refractivity contribution >= 4 is 10.8 Å². The van der Waals surface area contributed by atoms with E-state index in [2.05, 4.69) is 37.0 Å². The smallest absolute Gasteiger partial charge is 0.0346 e. The fourth-order valence-electron chi connectivity index (χ4n) is 2.06. The molecular formula is C14H17N. The molecule has 0 unspecified atom stereocenters. The van der Waals surface area contributed by atoms with Gasteiger partial charge in [-0.05, 0) is 41.5 Å². The molecule has 2 rings (SSSR count). The molecule has 0 aliphatic carbocycles. The summed E-state index contributed by atoms with van der Waals surface area (Å²) in [7, 11) is 0. The van der Waals surface area contributed by atoms with Crippen molar-refractivity contribution in [3.8, 4) is 0 Å². The maximum Gasteiger partial charge on any atom is 0.0346 e. The van der Waals surface area contributed by atoms with Gasteiger partial charge in [0.2, 0.25) is 0 Å². The first-order valence-electron chi connectivity index (χ1n) is 5.70. The minimum Gasteiger partial charge on any atom is -0.264 e. The first-order valence-corrected chi connectivity index (χ1v) is 5.70. The minimum atomic E-state index is 1.12. The van der Waals surface area contributed by atoms with Crippen LogP contribution in [0.1, 0.15) is 31.4 Å². The number of hydrogen-bond acceptors (Lipinski definition) is 1. The van der Waals surface area contributed by atoms with Crippen molar-refractivity contribution in [2.75, 3.05) is 0 Å². The summed E-state index contributed by atoms with van der Waals surface area (Å²) in [6, 6.07) is 6.69. The monoisotopic (exact) mass is 199 g/mol. The molecule has 15 heavy (non-hydrogen) atoms. The normalized spacial score (nSPS) is 10.8. The summed E-state index contributed by atoms with van der Waals surface area (Å²) in [4.78, 5) is 4.17. The highest BCUT2D eigenvalue weighted by Gasteiger charge is 2.02. The van der Waals surface area contributed by atoms with Crippen LogP contribution >= 0.6 is 0 Å². The van der Waals surface area contributed by atoms with Crippen molar-refractivity contribution in [3.63, 3.8) is 0 Å². The number of nitrogens with zero attached hydrogens (tertiary/aromatic N) is 1. The highest BCUT2D eigenvalue weighted by Crippen LogP contribution is 2.20. The molecular weight excluding hydrogens is 182 g/mol. The minimum absolute atomic E-state index is 1.12. The van der Waals surface area contributed by atoms with Crippen LogP contribution in [-0.4, -0.2) is 4.98 Å². The Balaban J connectivity index is 2.58. The second kappa shape index (κ2) is 4.43. The van der Waals surface area contributed by atoms with Crippen LogP contribution in [-0.2, 0) is 12.8 Å². The van der Waals surface area contributed by atoms with Crippen LogP contribution in [0.5, 0.6) is 0 Å². The van der Waals surface area contributed by atoms with E-state index in [1.54, 1.807) is 0 Å². The SMILES string of the molecule is CCCc1cc2cnccc2cc1CC. The highest BCUT2D eigenvalue weighted by molar-refractivity contribution is 5.83. The molecule has 0 saturated heterocycles. The highest BCUT2D eigenvalue weighted by atomic mass is 14.6. The third kappa shape index (κ3) is 2.01. The van der Waals surface area contributed by atoms with Crippen molar-refractivity contribution in [3.05, 3.63) is 41.7 Å². The van der Waals surface area contributed by atoms with Crippen molar-refractivity contribution < 1.29 is 0 Å². The maximum atomic E-state index is 4.17. The molecule has 0 aliphatic heterocycles. The Kier molecular flexibility index (Phi) is 3.00. The molecule has 1 heteroatoms. The van der Waals surface area contributed by atoms with E-state index in [0.717, 1.165) is 6.42 Å². The molecule has 1 aromatic carbocycles. The van der Waals surface area contributed by atoms with Crippen molar-refractivity contribution in [2.24, 2.45) is 0 Å². The number of aryl methyl sites for hydroxylation is 2. The van der Waals surface area contributed by atoms with Crippen LogP contribution < -0.4 is 0 Å². The molecule has 0 amide bonds. The van der Waals surface area contributed by atoms with E-state index in [1.165, 1.54) is 34.7 Å². The molecule has 0 saturated carbocycles. The van der Waals surface area contributed by atoms with Gasteiger partial charge < -0.3 is 0 Å². The summed E-state index contributed by atoms with van der Waals surface area (Å²) in [6.07, 6.45) is 7.32. The lowest BCUT2D eigenvalue weighted by Gasteiger charge is -2.08. The van der Waals surface area contributed by atoms with Gasteiger partial charge in [-0.1, -0.05) is 26.3 Å². The molecule has 1 nitrogen and oxygen atoms in total. The number of hydrogen-bond donors (Lipinski definition) is 0. The van der Waals surface area contributed by atoms with E-state index in [4.69, 9.17) is 0 Å². The molecule has 0 atom stereocenters. The van der Waals surface area contributed by atoms with Crippen molar-refractivity contribution in [1.82, 2.24) is 4.98 Å². The van der Waals surface area contributed by atoms with Crippen LogP contribution in [0.25, 0.3) is 10.8 Å². The van der Waals surface area contributed by atoms with E-state index >= 15 is 0 Å². The molecule has 0 bridgehead atoms. The zero-order valence-electron chi connectivity index (χ0n) is 9.46. The van der Waals surface area contributed by atoms with Gasteiger partial charge in [-0.15, -0.1) is 0 Å². The maximum absolute atomic E-state index is 4.17. The third-order valence-electron chi connectivity index (χ3n) is 2.86. The molecule has 78 valence electrons. The van der Waals surface area contributed by atoms with E-state index < -0.39 is 0 Å². The lowest BCUT2D eigenvalue weighted by molar-refractivity contribution is 0.902. The van der Waals surface area contributed by atoms with Gasteiger partial charge in [0.05, 0.1) is 0 Å². The fraction of sp³-hybridized carbons (Fsp3) is 0.357. The topological polar surface area (TPSA) is 12.9 Å². The molecule has 2 aromatic rings. The van der Waals surface area contributed by atoms with Gasteiger partial charge >= 0.3 is 0 Å². The summed E-state index contributed by atoms with van der Waals surface area (Å²) in [5, 5.41) is 2.57. The van der Waals surface area contributed by atoms with Crippen LogP contribution in [0.2, 0.25) is 0 Å². The van der Waals surface area contributed by atoms with Gasteiger partial charge in [0.25, 0.3) is 0 Å². The first-order chi connectivity index (χ1) is 7.35. The largest absolute Gasteiger partial charge is 0.264 e. The van der Waals surface area contributed by atoms with E-state index in [1.807, 2.05) is 12.4 Å². The second-order valence-electron chi connectivity index (χ2n) is 3.95. The summed E-state index contributed by atoms with van der Waals surface area (Å²) in [5.74, 6) is 0. The average Bonchev–Trinajstić information content (AvgIpc) is 2.28. The van der Waals surface area contributed by atoms with Gasteiger partial charge in [0.1, 0.15) is 0 Å². The molecule has 1 heterocycles. The lowest BCUT2D eigenvalue weighted by Crippen LogP contribution is -1.93. The first kappa shape index (κ1) is 10.2. The average molecular weight is 199 g/mol. The van der Waals surface area contributed by atoms with Gasteiger partial charge in [-0.25, -0.2) is 0 Å². The van der Waals surface area contributed by atoms with Gasteiger partial charge in [-0.2, -0.15) is 0 Å². The standard InChI is InChI=1S/C14H17N/c1-3-5-12-9-14-10-15-7-6-13(14)8-11(12)4-2/h6-10H,3-5H2,1-2H3. The van der Waals surface area contributed by atoms with Crippen molar-refractivity contribution in [1.29, 1.82) is 0 Å². The van der Waals surface area contributed by atoms with Gasteiger partial charge in [0.15, 0.2) is 0 Å². The van der Waals surface area contributed by atoms with Gasteiger partial charge in [0, 0.05) is 17.8 Å². The Morgan fingerprint density at radius 3 is 2.60 bits per heavy atom. The molecule has 0 spiro atoms. The predicted molar refractivity (Wildman–Crippen MR) is 65.1 cm³/mol. The quantitative estimate of drug-likeness (QED) is 0.733. The zero-order valence-corrected chi connectivity index (χ0v) is 9.46. The zero-order chi connectivity index (χ0) is 10.7. The Morgan fingerprint density at radius 2 is 1.87 bits per heavy atom. The Morgan fingerprint density at radius 1 is 1.07 bits per heavy atom. The fourth-order valence-corrected chi connectivity index (χ4v) is 2.06. The van der Waals surface area contributed by atoms with E-state index in [-0.39, 0.29) is 0 Å². The second-order valence-corrected chi connectivity index (χ2v) is 3.95. The summed E-state index contributed by atoms with van der Waals surface area (Å²) in [5.41, 5.74) is 2.97. The summed E-state index contributed by atoms with van der Waals surface area (Å²) in [6.45, 7) is 4.45. The van der Waals surface area contributed by atoms with Crippen LogP contribution in [0, 0.1) is 0 Å². The summed E-state index contributed by atoms with van der Waals surface area (Å²) < 4.78 is 0. The van der Waals surface area contributed by atoms with Crippen LogP contribution in [0.4, 0.5) is 0 Å². The molecule has 0 fully saturated rings. The number of pyridine rings is 1.